The lowest BCUT2D eigenvalue weighted by Gasteiger charge is -2.16. The topological polar surface area (TPSA) is 185 Å². The Labute approximate surface area is 185 Å². The predicted octanol–water partition coefficient (Wildman–Crippen LogP) is 0.731. The van der Waals surface area contributed by atoms with E-state index in [2.05, 4.69) is 25.3 Å². The number of ether oxygens (including phenoxy) is 2. The Morgan fingerprint density at radius 2 is 2.09 bits per heavy atom. The molecule has 0 radical (unpaired) electrons. The molecule has 4 rings (SSSR count). The molecule has 4 heterocycles. The molecule has 15 heteroatoms. The average molecular weight is 485 g/mol. The molecule has 0 spiro atoms. The Bertz CT molecular complexity index is 1190. The van der Waals surface area contributed by atoms with Gasteiger partial charge in [-0.15, -0.1) is 0 Å². The Balaban J connectivity index is 1.59. The van der Waals surface area contributed by atoms with Gasteiger partial charge in [-0.25, -0.2) is 4.98 Å². The lowest BCUT2D eigenvalue weighted by molar-refractivity contribution is -0.0122. The molecular formula is C17H18ClN6O7P. The predicted molar refractivity (Wildman–Crippen MR) is 110 cm³/mol. The number of imidazole rings is 1. The molecule has 5 N–H and O–H groups in total. The third-order valence-electron chi connectivity index (χ3n) is 4.44. The number of nitrogens with zero attached hydrogens (tertiary/aromatic N) is 5. The van der Waals surface area contributed by atoms with Crippen LogP contribution in [0.15, 0.2) is 42.7 Å². The summed E-state index contributed by atoms with van der Waals surface area (Å²) in [4.78, 5) is 34.5. The van der Waals surface area contributed by atoms with Gasteiger partial charge in [0.05, 0.1) is 12.2 Å². The molecule has 0 aliphatic carbocycles. The quantitative estimate of drug-likeness (QED) is 0.180. The summed E-state index contributed by atoms with van der Waals surface area (Å²) >= 11 is 6.07. The van der Waals surface area contributed by atoms with E-state index in [9.17, 15) is 14.8 Å². The number of hydrogen-bond donors (Lipinski definition) is 5. The molecule has 13 nitrogen and oxygen atoms in total. The van der Waals surface area contributed by atoms with Gasteiger partial charge in [0, 0.05) is 6.20 Å². The largest absolute Gasteiger partial charge is 0.485 e. The third kappa shape index (κ3) is 4.83. The zero-order valence-electron chi connectivity index (χ0n) is 16.2. The van der Waals surface area contributed by atoms with Gasteiger partial charge in [-0.05, 0) is 23.7 Å². The second kappa shape index (κ2) is 8.98. The average Bonchev–Trinajstić information content (AvgIpc) is 3.28. The molecule has 3 atom stereocenters. The van der Waals surface area contributed by atoms with E-state index in [1.165, 1.54) is 10.9 Å². The van der Waals surface area contributed by atoms with Gasteiger partial charge in [0.1, 0.15) is 24.8 Å². The van der Waals surface area contributed by atoms with Crippen molar-refractivity contribution in [1.29, 1.82) is 0 Å². The zero-order valence-corrected chi connectivity index (χ0v) is 17.8. The van der Waals surface area contributed by atoms with Gasteiger partial charge in [0.2, 0.25) is 11.5 Å². The first-order valence-corrected chi connectivity index (χ1v) is 11.3. The highest BCUT2D eigenvalue weighted by molar-refractivity contribution is 7.51. The Hall–Kier alpha value is -2.80. The standard InChI is InChI=1S/C17H18ClN6O7P/c18-17-22-14(20-5-9-3-1-2-4-19-9)11-15(23-17)24(7-21-11)16-13(26)12(25)10(31-16)6-30-8-32(27,28)29/h1-4,6-7,12-13,16,25-26H,5,8H2,(H,20,22,23)(H2,27,28,29)/t12-,13-,16-/m1/s1. The minimum absolute atomic E-state index is 0.0865. The van der Waals surface area contributed by atoms with Crippen molar-refractivity contribution in [3.63, 3.8) is 0 Å². The highest BCUT2D eigenvalue weighted by atomic mass is 35.5. The van der Waals surface area contributed by atoms with Crippen molar-refractivity contribution < 1.29 is 34.0 Å². The van der Waals surface area contributed by atoms with Crippen LogP contribution in [-0.2, 0) is 20.6 Å². The lowest BCUT2D eigenvalue weighted by Crippen LogP contribution is -2.27. The number of nitrogens with one attached hydrogen (secondary N) is 1. The second-order valence-electron chi connectivity index (χ2n) is 6.76. The van der Waals surface area contributed by atoms with E-state index in [-0.39, 0.29) is 16.7 Å². The summed E-state index contributed by atoms with van der Waals surface area (Å²) in [6, 6.07) is 5.48. The molecule has 32 heavy (non-hydrogen) atoms. The van der Waals surface area contributed by atoms with Crippen LogP contribution in [0.4, 0.5) is 5.82 Å². The van der Waals surface area contributed by atoms with Crippen molar-refractivity contribution in [3.8, 4) is 0 Å². The second-order valence-corrected chi connectivity index (χ2v) is 8.69. The number of hydrogen-bond acceptors (Lipinski definition) is 10. The molecule has 1 saturated heterocycles. The first kappa shape index (κ1) is 22.4. The van der Waals surface area contributed by atoms with Crippen LogP contribution in [0.2, 0.25) is 5.28 Å². The Morgan fingerprint density at radius 3 is 2.81 bits per heavy atom. The fourth-order valence-electron chi connectivity index (χ4n) is 3.01. The number of aromatic nitrogens is 5. The third-order valence-corrected chi connectivity index (χ3v) is 5.09. The van der Waals surface area contributed by atoms with Crippen molar-refractivity contribution in [2.75, 3.05) is 11.7 Å². The highest BCUT2D eigenvalue weighted by Gasteiger charge is 2.42. The van der Waals surface area contributed by atoms with Crippen molar-refractivity contribution in [1.82, 2.24) is 24.5 Å². The van der Waals surface area contributed by atoms with Crippen molar-refractivity contribution in [2.24, 2.45) is 0 Å². The maximum atomic E-state index is 10.9. The summed E-state index contributed by atoms with van der Waals surface area (Å²) in [6.45, 7) is 0.348. The van der Waals surface area contributed by atoms with E-state index < -0.39 is 32.4 Å². The summed E-state index contributed by atoms with van der Waals surface area (Å²) in [5, 5.41) is 23.7. The normalized spacial score (nSPS) is 22.3. The van der Waals surface area contributed by atoms with Gasteiger partial charge in [-0.1, -0.05) is 6.07 Å². The minimum Gasteiger partial charge on any atom is -0.485 e. The van der Waals surface area contributed by atoms with Gasteiger partial charge in [-0.3, -0.25) is 14.1 Å². The summed E-state index contributed by atoms with van der Waals surface area (Å²) in [6.07, 6.45) is -1.18. The Morgan fingerprint density at radius 1 is 1.28 bits per heavy atom. The maximum Gasteiger partial charge on any atom is 0.362 e. The molecule has 0 aromatic carbocycles. The molecule has 3 aromatic rings. The van der Waals surface area contributed by atoms with E-state index in [1.807, 2.05) is 12.1 Å². The van der Waals surface area contributed by atoms with Crippen LogP contribution in [0.1, 0.15) is 11.9 Å². The molecule has 1 aliphatic heterocycles. The monoisotopic (exact) mass is 484 g/mol. The van der Waals surface area contributed by atoms with Crippen LogP contribution < -0.4 is 5.32 Å². The summed E-state index contributed by atoms with van der Waals surface area (Å²) in [7, 11) is -4.42. The van der Waals surface area contributed by atoms with Crippen LogP contribution in [-0.4, -0.2) is 63.1 Å². The van der Waals surface area contributed by atoms with Crippen molar-refractivity contribution >= 4 is 36.2 Å². The van der Waals surface area contributed by atoms with Crippen molar-refractivity contribution in [3.05, 3.63) is 53.7 Å². The van der Waals surface area contributed by atoms with Gasteiger partial charge < -0.3 is 34.8 Å². The van der Waals surface area contributed by atoms with E-state index in [1.54, 1.807) is 12.3 Å². The van der Waals surface area contributed by atoms with Gasteiger partial charge in [0.15, 0.2) is 29.1 Å². The Kier molecular flexibility index (Phi) is 6.29. The maximum absolute atomic E-state index is 10.9. The van der Waals surface area contributed by atoms with E-state index in [4.69, 9.17) is 30.9 Å². The number of rotatable bonds is 7. The smallest absolute Gasteiger partial charge is 0.362 e. The van der Waals surface area contributed by atoms with Gasteiger partial charge >= 0.3 is 7.60 Å². The van der Waals surface area contributed by atoms with Crippen LogP contribution in [0.3, 0.4) is 0 Å². The van der Waals surface area contributed by atoms with E-state index >= 15 is 0 Å². The van der Waals surface area contributed by atoms with Crippen LogP contribution in [0, 0.1) is 0 Å². The number of fused-ring (bicyclic) bond motifs is 1. The fraction of sp³-hybridized carbons (Fsp3) is 0.294. The lowest BCUT2D eigenvalue weighted by atomic mass is 10.2. The molecule has 3 aromatic heterocycles. The molecule has 1 aliphatic rings. The number of anilines is 1. The molecular weight excluding hydrogens is 467 g/mol. The first-order chi connectivity index (χ1) is 15.2. The molecule has 0 amide bonds. The van der Waals surface area contributed by atoms with Crippen LogP contribution >= 0.6 is 19.2 Å². The summed E-state index contributed by atoms with van der Waals surface area (Å²) in [5.41, 5.74) is 1.32. The minimum atomic E-state index is -4.42. The van der Waals surface area contributed by atoms with Gasteiger partial charge in [-0.2, -0.15) is 9.97 Å². The number of aliphatic hydroxyl groups is 2. The molecule has 0 bridgehead atoms. The number of aliphatic hydroxyl groups excluding tert-OH is 2. The van der Waals surface area contributed by atoms with Gasteiger partial charge in [0.25, 0.3) is 0 Å². The molecule has 0 saturated carbocycles. The molecule has 170 valence electrons. The number of pyridine rings is 1. The highest BCUT2D eigenvalue weighted by Crippen LogP contribution is 2.37. The molecule has 1 fully saturated rings. The molecule has 0 unspecified atom stereocenters. The first-order valence-electron chi connectivity index (χ1n) is 9.16. The van der Waals surface area contributed by atoms with Crippen molar-refractivity contribution in [2.45, 2.75) is 25.0 Å². The van der Waals surface area contributed by atoms with Crippen LogP contribution in [0.25, 0.3) is 11.2 Å². The van der Waals surface area contributed by atoms with E-state index in [0.29, 0.717) is 17.9 Å². The fourth-order valence-corrected chi connectivity index (χ4v) is 3.45. The summed E-state index contributed by atoms with van der Waals surface area (Å²) < 4.78 is 22.5. The SMILES string of the molecule is O=P(O)(O)COC=C1O[C@@H](n2cnc3c(NCc4ccccn4)nc(Cl)nc32)[C@H](O)[C@@H]1O. The van der Waals surface area contributed by atoms with E-state index in [0.717, 1.165) is 12.0 Å². The zero-order chi connectivity index (χ0) is 22.9. The van der Waals surface area contributed by atoms with Crippen LogP contribution in [0.5, 0.6) is 0 Å². The number of halogens is 1. The summed E-state index contributed by atoms with van der Waals surface area (Å²) in [5.74, 6) is 0.115.